The summed E-state index contributed by atoms with van der Waals surface area (Å²) in [6, 6.07) is 0. The monoisotopic (exact) mass is 244 g/mol. The van der Waals surface area contributed by atoms with Crippen LogP contribution in [0.15, 0.2) is 24.3 Å². The first kappa shape index (κ1) is 13.9. The van der Waals surface area contributed by atoms with E-state index in [1.165, 1.54) is 0 Å². The molecule has 1 fully saturated rings. The highest BCUT2D eigenvalue weighted by molar-refractivity contribution is 5.70. The fourth-order valence-electron chi connectivity index (χ4n) is 2.30. The maximum absolute atomic E-state index is 13.8. The van der Waals surface area contributed by atoms with Gasteiger partial charge in [0.15, 0.2) is 0 Å². The second kappa shape index (κ2) is 5.94. The van der Waals surface area contributed by atoms with E-state index in [9.17, 15) is 13.6 Å². The van der Waals surface area contributed by atoms with Crippen molar-refractivity contribution in [3.63, 3.8) is 0 Å². The van der Waals surface area contributed by atoms with Crippen molar-refractivity contribution < 1.29 is 18.3 Å². The quantitative estimate of drug-likeness (QED) is 0.558. The van der Waals surface area contributed by atoms with Crippen molar-refractivity contribution in [3.05, 3.63) is 24.3 Å². The van der Waals surface area contributed by atoms with E-state index in [4.69, 9.17) is 4.74 Å². The molecule has 17 heavy (non-hydrogen) atoms. The third-order valence-corrected chi connectivity index (χ3v) is 3.26. The van der Waals surface area contributed by atoms with Crippen molar-refractivity contribution in [3.8, 4) is 0 Å². The second-order valence-corrected chi connectivity index (χ2v) is 4.52. The van der Waals surface area contributed by atoms with Crippen LogP contribution in [0.1, 0.15) is 26.7 Å². The third-order valence-electron chi connectivity index (χ3n) is 3.26. The summed E-state index contributed by atoms with van der Waals surface area (Å²) in [6.07, 6.45) is 1.66. The zero-order valence-corrected chi connectivity index (χ0v) is 10.2. The molecule has 0 radical (unpaired) electrons. The first-order valence-corrected chi connectivity index (χ1v) is 5.82. The van der Waals surface area contributed by atoms with Crippen molar-refractivity contribution in [1.29, 1.82) is 0 Å². The lowest BCUT2D eigenvalue weighted by Gasteiger charge is -2.33. The molecule has 0 aliphatic carbocycles. The number of allylic oxidation sites excluding steroid dienone is 3. The average Bonchev–Trinajstić information content (AvgIpc) is 2.21. The highest BCUT2D eigenvalue weighted by Gasteiger charge is 2.34. The van der Waals surface area contributed by atoms with E-state index in [0.29, 0.717) is 12.8 Å². The van der Waals surface area contributed by atoms with Crippen LogP contribution >= 0.6 is 0 Å². The molecular formula is C13H18F2O2. The minimum Gasteiger partial charge on any atom is -0.465 e. The van der Waals surface area contributed by atoms with Gasteiger partial charge in [-0.2, -0.15) is 0 Å². The number of carbonyl (C=O) groups is 1. The van der Waals surface area contributed by atoms with Crippen LogP contribution in [0, 0.1) is 17.8 Å². The molecule has 1 rings (SSSR count). The topological polar surface area (TPSA) is 26.3 Å². The zero-order chi connectivity index (χ0) is 13.0. The summed E-state index contributed by atoms with van der Waals surface area (Å²) in [6.45, 7) is 6.96. The Balaban J connectivity index is 2.80. The van der Waals surface area contributed by atoms with Crippen molar-refractivity contribution in [2.24, 2.45) is 17.8 Å². The summed E-state index contributed by atoms with van der Waals surface area (Å²) in [4.78, 5) is 11.1. The van der Waals surface area contributed by atoms with Crippen LogP contribution < -0.4 is 0 Å². The minimum atomic E-state index is -0.790. The third kappa shape index (κ3) is 3.65. The lowest BCUT2D eigenvalue weighted by molar-refractivity contribution is -0.153. The summed E-state index contributed by atoms with van der Waals surface area (Å²) in [5.41, 5.74) is 0. The number of rotatable bonds is 4. The van der Waals surface area contributed by atoms with Gasteiger partial charge in [0.05, 0.1) is 6.61 Å². The van der Waals surface area contributed by atoms with Gasteiger partial charge in [0, 0.05) is 24.3 Å². The number of cyclic esters (lactones) is 1. The number of carbonyl (C=O) groups excluding carboxylic acids is 1. The normalized spacial score (nSPS) is 27.5. The van der Waals surface area contributed by atoms with Gasteiger partial charge in [-0.15, -0.1) is 0 Å². The van der Waals surface area contributed by atoms with Crippen LogP contribution in [0.2, 0.25) is 0 Å². The highest BCUT2D eigenvalue weighted by Crippen LogP contribution is 2.35. The van der Waals surface area contributed by atoms with Crippen molar-refractivity contribution in [2.45, 2.75) is 26.7 Å². The van der Waals surface area contributed by atoms with Gasteiger partial charge in [-0.3, -0.25) is 4.79 Å². The molecule has 1 saturated heterocycles. The number of esters is 1. The van der Waals surface area contributed by atoms with E-state index in [0.717, 1.165) is 6.08 Å². The first-order chi connectivity index (χ1) is 7.95. The molecule has 4 heteroatoms. The summed E-state index contributed by atoms with van der Waals surface area (Å²) in [7, 11) is 0. The van der Waals surface area contributed by atoms with Crippen LogP contribution in [-0.4, -0.2) is 12.6 Å². The molecule has 1 heterocycles. The van der Waals surface area contributed by atoms with Gasteiger partial charge >= 0.3 is 5.97 Å². The Kier molecular flexibility index (Phi) is 4.85. The maximum Gasteiger partial charge on any atom is 0.306 e. The number of hydrogen-bond acceptors (Lipinski definition) is 2. The molecule has 3 unspecified atom stereocenters. The van der Waals surface area contributed by atoms with Gasteiger partial charge in [-0.1, -0.05) is 20.4 Å². The van der Waals surface area contributed by atoms with E-state index in [1.807, 2.05) is 13.8 Å². The Morgan fingerprint density at radius 2 is 2.29 bits per heavy atom. The molecule has 0 saturated carbocycles. The molecule has 1 aliphatic rings. The lowest BCUT2D eigenvalue weighted by atomic mass is 9.78. The molecule has 0 aromatic carbocycles. The Morgan fingerprint density at radius 3 is 2.76 bits per heavy atom. The Labute approximate surface area is 100 Å². The molecule has 0 amide bonds. The molecule has 1 aliphatic heterocycles. The van der Waals surface area contributed by atoms with Gasteiger partial charge in [0.2, 0.25) is 0 Å². The smallest absolute Gasteiger partial charge is 0.306 e. The first-order valence-electron chi connectivity index (χ1n) is 5.82. The van der Waals surface area contributed by atoms with Gasteiger partial charge in [0.25, 0.3) is 0 Å². The molecule has 3 atom stereocenters. The van der Waals surface area contributed by atoms with Gasteiger partial charge in [-0.25, -0.2) is 8.78 Å². The van der Waals surface area contributed by atoms with E-state index >= 15 is 0 Å². The standard InChI is InChI=1S/C13H18F2O2/c1-4-10(12(15)6-9(3)14)11-7-17-13(16)5-8(11)2/h6,8,10-11H,3-5,7H2,1-2H3. The van der Waals surface area contributed by atoms with E-state index in [-0.39, 0.29) is 24.4 Å². The van der Waals surface area contributed by atoms with Crippen LogP contribution in [-0.2, 0) is 9.53 Å². The fourth-order valence-corrected chi connectivity index (χ4v) is 2.30. The molecular weight excluding hydrogens is 226 g/mol. The molecule has 0 aromatic heterocycles. The summed E-state index contributed by atoms with van der Waals surface area (Å²) >= 11 is 0. The maximum atomic E-state index is 13.8. The summed E-state index contributed by atoms with van der Waals surface area (Å²) < 4.78 is 31.3. The van der Waals surface area contributed by atoms with E-state index < -0.39 is 17.6 Å². The SMILES string of the molecule is C=C(F)C=C(F)C(CC)C1COC(=O)CC1C. The molecule has 0 bridgehead atoms. The van der Waals surface area contributed by atoms with Crippen molar-refractivity contribution in [2.75, 3.05) is 6.61 Å². The number of halogens is 2. The predicted molar refractivity (Wildman–Crippen MR) is 61.5 cm³/mol. The van der Waals surface area contributed by atoms with Crippen molar-refractivity contribution in [1.82, 2.24) is 0 Å². The molecule has 0 N–H and O–H groups in total. The highest BCUT2D eigenvalue weighted by atomic mass is 19.1. The Morgan fingerprint density at radius 1 is 1.65 bits per heavy atom. The van der Waals surface area contributed by atoms with Gasteiger partial charge < -0.3 is 4.74 Å². The fraction of sp³-hybridized carbons (Fsp3) is 0.615. The van der Waals surface area contributed by atoms with E-state index in [2.05, 4.69) is 6.58 Å². The van der Waals surface area contributed by atoms with Crippen LogP contribution in [0.4, 0.5) is 8.78 Å². The zero-order valence-electron chi connectivity index (χ0n) is 10.2. The van der Waals surface area contributed by atoms with Crippen molar-refractivity contribution >= 4 is 5.97 Å². The van der Waals surface area contributed by atoms with Gasteiger partial charge in [-0.05, 0) is 12.3 Å². The largest absolute Gasteiger partial charge is 0.465 e. The molecule has 2 nitrogen and oxygen atoms in total. The second-order valence-electron chi connectivity index (χ2n) is 4.52. The predicted octanol–water partition coefficient (Wildman–Crippen LogP) is 3.55. The minimum absolute atomic E-state index is 0.0493. The van der Waals surface area contributed by atoms with Crippen LogP contribution in [0.5, 0.6) is 0 Å². The molecule has 0 aromatic rings. The molecule has 96 valence electrons. The van der Waals surface area contributed by atoms with Crippen LogP contribution in [0.3, 0.4) is 0 Å². The Bertz CT molecular complexity index is 336. The number of ether oxygens (including phenoxy) is 1. The summed E-state index contributed by atoms with van der Waals surface area (Å²) in [5.74, 6) is -2.01. The number of hydrogen-bond donors (Lipinski definition) is 0. The Hall–Kier alpha value is -1.19. The summed E-state index contributed by atoms with van der Waals surface area (Å²) in [5, 5.41) is 0. The van der Waals surface area contributed by atoms with Gasteiger partial charge in [0.1, 0.15) is 11.7 Å². The van der Waals surface area contributed by atoms with Crippen LogP contribution in [0.25, 0.3) is 0 Å². The van der Waals surface area contributed by atoms with E-state index in [1.54, 1.807) is 0 Å². The lowest BCUT2D eigenvalue weighted by Crippen LogP contribution is -2.34. The molecule has 0 spiro atoms. The average molecular weight is 244 g/mol.